The van der Waals surface area contributed by atoms with E-state index < -0.39 is 5.92 Å². The molecule has 0 bridgehead atoms. The van der Waals surface area contributed by atoms with Crippen LogP contribution in [0.1, 0.15) is 57.7 Å². The lowest BCUT2D eigenvalue weighted by Gasteiger charge is -2.42. The van der Waals surface area contributed by atoms with Crippen LogP contribution in [-0.4, -0.2) is 23.3 Å². The number of carbonyl (C=O) groups excluding carboxylic acids is 2. The van der Waals surface area contributed by atoms with Crippen LogP contribution < -0.4 is 5.32 Å². The smallest absolute Gasteiger partial charge is 0.254 e. The maximum absolute atomic E-state index is 13.8. The van der Waals surface area contributed by atoms with E-state index in [0.717, 1.165) is 27.3 Å². The van der Waals surface area contributed by atoms with Gasteiger partial charge in [-0.2, -0.15) is 0 Å². The number of carbonyl (C=O) groups is 2. The van der Waals surface area contributed by atoms with Gasteiger partial charge in [-0.15, -0.1) is 11.3 Å². The highest BCUT2D eigenvalue weighted by atomic mass is 32.1. The molecular formula is C26H28N2O2S. The van der Waals surface area contributed by atoms with Gasteiger partial charge in [-0.1, -0.05) is 44.2 Å². The lowest BCUT2D eigenvalue weighted by molar-refractivity contribution is -0.119. The quantitative estimate of drug-likeness (QED) is 0.542. The number of nitrogens with one attached hydrogen (secondary N) is 1. The highest BCUT2D eigenvalue weighted by Gasteiger charge is 2.44. The van der Waals surface area contributed by atoms with Gasteiger partial charge in [0.15, 0.2) is 0 Å². The standard InChI is InChI=1S/C26H28N2O2S/c1-16(2)15-28-24(22-10-7-11-31-22)23(20-8-5-6-9-21(20)26(28)30)25(29)27-19-13-17(3)12-18(4)14-19/h5-14,16,23-24H,15H2,1-4H3,(H,27,29)/t23-,24-/m0/s1. The van der Waals surface area contributed by atoms with Crippen molar-refractivity contribution in [2.75, 3.05) is 11.9 Å². The first-order valence-corrected chi connectivity index (χ1v) is 11.6. The minimum atomic E-state index is -0.480. The van der Waals surface area contributed by atoms with Crippen LogP contribution in [0.2, 0.25) is 0 Å². The Balaban J connectivity index is 1.82. The van der Waals surface area contributed by atoms with E-state index in [9.17, 15) is 9.59 Å². The summed E-state index contributed by atoms with van der Waals surface area (Å²) >= 11 is 1.60. The van der Waals surface area contributed by atoms with Crippen LogP contribution in [0, 0.1) is 19.8 Å². The van der Waals surface area contributed by atoms with Crippen molar-refractivity contribution < 1.29 is 9.59 Å². The number of thiophene rings is 1. The van der Waals surface area contributed by atoms with Gasteiger partial charge in [0.2, 0.25) is 5.91 Å². The fourth-order valence-corrected chi connectivity index (χ4v) is 5.39. The molecule has 3 aromatic rings. The molecule has 2 heterocycles. The predicted molar refractivity (Wildman–Crippen MR) is 127 cm³/mol. The second-order valence-electron chi connectivity index (χ2n) is 8.74. The highest BCUT2D eigenvalue weighted by molar-refractivity contribution is 7.10. The molecule has 160 valence electrons. The summed E-state index contributed by atoms with van der Waals surface area (Å²) in [5.41, 5.74) is 4.41. The van der Waals surface area contributed by atoms with E-state index in [4.69, 9.17) is 0 Å². The average molecular weight is 433 g/mol. The third-order valence-electron chi connectivity index (χ3n) is 5.61. The van der Waals surface area contributed by atoms with Crippen LogP contribution in [0.3, 0.4) is 0 Å². The Morgan fingerprint density at radius 1 is 1.06 bits per heavy atom. The van der Waals surface area contributed by atoms with E-state index in [1.807, 2.05) is 72.7 Å². The maximum Gasteiger partial charge on any atom is 0.254 e. The van der Waals surface area contributed by atoms with E-state index in [-0.39, 0.29) is 17.9 Å². The molecule has 1 aliphatic heterocycles. The Labute approximate surface area is 187 Å². The molecule has 2 atom stereocenters. The van der Waals surface area contributed by atoms with Crippen LogP contribution in [-0.2, 0) is 4.79 Å². The van der Waals surface area contributed by atoms with E-state index in [0.29, 0.717) is 18.0 Å². The number of benzene rings is 2. The fourth-order valence-electron chi connectivity index (χ4n) is 4.51. The largest absolute Gasteiger partial charge is 0.329 e. The zero-order chi connectivity index (χ0) is 22.1. The molecule has 0 aliphatic carbocycles. The zero-order valence-corrected chi connectivity index (χ0v) is 19.2. The van der Waals surface area contributed by atoms with Crippen molar-refractivity contribution in [1.82, 2.24) is 4.90 Å². The van der Waals surface area contributed by atoms with Crippen molar-refractivity contribution in [1.29, 1.82) is 0 Å². The van der Waals surface area contributed by atoms with Crippen molar-refractivity contribution in [2.24, 2.45) is 5.92 Å². The number of amides is 2. The van der Waals surface area contributed by atoms with Gasteiger partial charge in [0, 0.05) is 22.7 Å². The van der Waals surface area contributed by atoms with Crippen molar-refractivity contribution in [2.45, 2.75) is 39.7 Å². The first-order chi connectivity index (χ1) is 14.8. The van der Waals surface area contributed by atoms with Crippen LogP contribution >= 0.6 is 11.3 Å². The van der Waals surface area contributed by atoms with Gasteiger partial charge < -0.3 is 10.2 Å². The van der Waals surface area contributed by atoms with Gasteiger partial charge in [-0.3, -0.25) is 9.59 Å². The van der Waals surface area contributed by atoms with Crippen LogP contribution in [0.4, 0.5) is 5.69 Å². The summed E-state index contributed by atoms with van der Waals surface area (Å²) in [6, 6.07) is 17.3. The van der Waals surface area contributed by atoms with Crippen molar-refractivity contribution in [3.8, 4) is 0 Å². The van der Waals surface area contributed by atoms with Gasteiger partial charge in [-0.25, -0.2) is 0 Å². The number of hydrogen-bond acceptors (Lipinski definition) is 3. The molecule has 0 saturated carbocycles. The lowest BCUT2D eigenvalue weighted by atomic mass is 9.81. The molecule has 0 spiro atoms. The molecule has 1 aromatic heterocycles. The molecule has 1 aliphatic rings. The maximum atomic E-state index is 13.8. The van der Waals surface area contributed by atoms with Crippen LogP contribution in [0.5, 0.6) is 0 Å². The molecule has 4 nitrogen and oxygen atoms in total. The Morgan fingerprint density at radius 3 is 2.42 bits per heavy atom. The van der Waals surface area contributed by atoms with E-state index in [2.05, 4.69) is 25.2 Å². The number of nitrogens with zero attached hydrogens (tertiary/aromatic N) is 1. The van der Waals surface area contributed by atoms with Crippen LogP contribution in [0.15, 0.2) is 60.0 Å². The van der Waals surface area contributed by atoms with Crippen molar-refractivity contribution >= 4 is 28.8 Å². The van der Waals surface area contributed by atoms with Gasteiger partial charge in [0.1, 0.15) is 0 Å². The first-order valence-electron chi connectivity index (χ1n) is 10.7. The number of anilines is 1. The SMILES string of the molecule is Cc1cc(C)cc(NC(=O)[C@H]2c3ccccc3C(=O)N(CC(C)C)[C@H]2c2cccs2)c1. The fraction of sp³-hybridized carbons (Fsp3) is 0.308. The first kappa shape index (κ1) is 21.3. The molecule has 2 amide bonds. The molecule has 2 aromatic carbocycles. The summed E-state index contributed by atoms with van der Waals surface area (Å²) in [7, 11) is 0. The predicted octanol–water partition coefficient (Wildman–Crippen LogP) is 5.94. The molecule has 0 radical (unpaired) electrons. The van der Waals surface area contributed by atoms with E-state index in [1.54, 1.807) is 11.3 Å². The normalized spacial score (nSPS) is 18.2. The minimum absolute atomic E-state index is 0.00171. The Kier molecular flexibility index (Phi) is 5.96. The van der Waals surface area contributed by atoms with Gasteiger partial charge in [0.25, 0.3) is 5.91 Å². The zero-order valence-electron chi connectivity index (χ0n) is 18.4. The minimum Gasteiger partial charge on any atom is -0.329 e. The third kappa shape index (κ3) is 4.28. The van der Waals surface area contributed by atoms with Crippen LogP contribution in [0.25, 0.3) is 0 Å². The summed E-state index contributed by atoms with van der Waals surface area (Å²) in [5, 5.41) is 5.15. The summed E-state index contributed by atoms with van der Waals surface area (Å²) in [6.07, 6.45) is 0. The number of fused-ring (bicyclic) bond motifs is 1. The Morgan fingerprint density at radius 2 is 1.77 bits per heavy atom. The molecule has 1 N–H and O–H groups in total. The van der Waals surface area contributed by atoms with Gasteiger partial charge >= 0.3 is 0 Å². The molecule has 5 heteroatoms. The van der Waals surface area contributed by atoms with Crippen molar-refractivity contribution in [3.63, 3.8) is 0 Å². The lowest BCUT2D eigenvalue weighted by Crippen LogP contribution is -2.47. The summed E-state index contributed by atoms with van der Waals surface area (Å²) in [4.78, 5) is 30.1. The summed E-state index contributed by atoms with van der Waals surface area (Å²) in [5.74, 6) is -0.276. The second-order valence-corrected chi connectivity index (χ2v) is 9.72. The van der Waals surface area contributed by atoms with Gasteiger partial charge in [-0.05, 0) is 66.1 Å². The Bertz CT molecular complexity index is 1080. The summed E-state index contributed by atoms with van der Waals surface area (Å²) < 4.78 is 0. The highest BCUT2D eigenvalue weighted by Crippen LogP contribution is 2.45. The molecule has 0 saturated heterocycles. The van der Waals surface area contributed by atoms with Crippen molar-refractivity contribution in [3.05, 3.63) is 87.1 Å². The number of hydrogen-bond donors (Lipinski definition) is 1. The van der Waals surface area contributed by atoms with E-state index in [1.165, 1.54) is 0 Å². The second kappa shape index (κ2) is 8.67. The average Bonchev–Trinajstić information content (AvgIpc) is 3.23. The molecular weight excluding hydrogens is 404 g/mol. The third-order valence-corrected chi connectivity index (χ3v) is 6.55. The molecule has 4 rings (SSSR count). The number of rotatable bonds is 5. The van der Waals surface area contributed by atoms with E-state index >= 15 is 0 Å². The summed E-state index contributed by atoms with van der Waals surface area (Å²) in [6.45, 7) is 8.85. The topological polar surface area (TPSA) is 49.4 Å². The molecule has 0 fully saturated rings. The molecule has 31 heavy (non-hydrogen) atoms. The molecule has 0 unspecified atom stereocenters. The Hall–Kier alpha value is -2.92. The monoisotopic (exact) mass is 432 g/mol. The number of aryl methyl sites for hydroxylation is 2. The van der Waals surface area contributed by atoms with Gasteiger partial charge in [0.05, 0.1) is 12.0 Å².